The van der Waals surface area contributed by atoms with Gasteiger partial charge >= 0.3 is 0 Å². The van der Waals surface area contributed by atoms with Crippen molar-refractivity contribution in [3.63, 3.8) is 0 Å². The van der Waals surface area contributed by atoms with E-state index >= 15 is 0 Å². The molecule has 2 N–H and O–H groups in total. The zero-order chi connectivity index (χ0) is 10.4. The molecule has 0 aliphatic rings. The summed E-state index contributed by atoms with van der Waals surface area (Å²) in [6.07, 6.45) is 5.65. The van der Waals surface area contributed by atoms with Crippen molar-refractivity contribution < 1.29 is 0 Å². The minimum absolute atomic E-state index is 0.483. The van der Waals surface area contributed by atoms with Crippen molar-refractivity contribution in [2.45, 2.75) is 32.7 Å². The van der Waals surface area contributed by atoms with Crippen LogP contribution < -0.4 is 10.6 Å². The second kappa shape index (κ2) is 5.42. The summed E-state index contributed by atoms with van der Waals surface area (Å²) < 4.78 is 0. The molecule has 0 saturated heterocycles. The van der Waals surface area contributed by atoms with E-state index in [-0.39, 0.29) is 0 Å². The maximum absolute atomic E-state index is 4.34. The van der Waals surface area contributed by atoms with Crippen molar-refractivity contribution >= 4 is 11.6 Å². The van der Waals surface area contributed by atoms with E-state index in [1.54, 1.807) is 12.4 Å². The van der Waals surface area contributed by atoms with Gasteiger partial charge in [-0.3, -0.25) is 4.98 Å². The summed E-state index contributed by atoms with van der Waals surface area (Å²) in [6, 6.07) is 0.483. The van der Waals surface area contributed by atoms with Gasteiger partial charge in [-0.15, -0.1) is 0 Å². The molecule has 0 aliphatic heterocycles. The van der Waals surface area contributed by atoms with Crippen LogP contribution in [0.4, 0.5) is 11.6 Å². The molecule has 0 amide bonds. The van der Waals surface area contributed by atoms with Crippen LogP contribution >= 0.6 is 0 Å². The number of nitrogens with one attached hydrogen (secondary N) is 2. The predicted molar refractivity (Wildman–Crippen MR) is 59.6 cm³/mol. The quantitative estimate of drug-likeness (QED) is 0.753. The number of aromatic nitrogens is 2. The molecule has 0 saturated carbocycles. The third kappa shape index (κ3) is 2.87. The van der Waals surface area contributed by atoms with Gasteiger partial charge in [0.2, 0.25) is 0 Å². The highest BCUT2D eigenvalue weighted by Crippen LogP contribution is 2.09. The van der Waals surface area contributed by atoms with Gasteiger partial charge in [0.25, 0.3) is 0 Å². The van der Waals surface area contributed by atoms with Gasteiger partial charge in [0.1, 0.15) is 11.6 Å². The Balaban J connectivity index is 2.65. The van der Waals surface area contributed by atoms with Gasteiger partial charge in [-0.05, 0) is 12.8 Å². The first-order chi connectivity index (χ1) is 6.80. The standard InChI is InChI=1S/C10H18N4/c1-4-8(5-2)13-10-7-12-6-9(11-3)14-10/h6-8H,4-5H2,1-3H3,(H2,11,13,14). The molecule has 0 bridgehead atoms. The smallest absolute Gasteiger partial charge is 0.147 e. The van der Waals surface area contributed by atoms with Crippen molar-refractivity contribution in [3.8, 4) is 0 Å². The summed E-state index contributed by atoms with van der Waals surface area (Å²) in [4.78, 5) is 8.43. The summed E-state index contributed by atoms with van der Waals surface area (Å²) >= 11 is 0. The normalized spacial score (nSPS) is 10.3. The van der Waals surface area contributed by atoms with Crippen LogP contribution in [0.15, 0.2) is 12.4 Å². The minimum Gasteiger partial charge on any atom is -0.372 e. The Kier molecular flexibility index (Phi) is 4.16. The Bertz CT molecular complexity index is 271. The minimum atomic E-state index is 0.483. The number of hydrogen-bond donors (Lipinski definition) is 2. The average Bonchev–Trinajstić information content (AvgIpc) is 2.26. The first kappa shape index (κ1) is 10.8. The van der Waals surface area contributed by atoms with Crippen LogP contribution in [0.2, 0.25) is 0 Å². The highest BCUT2D eigenvalue weighted by Gasteiger charge is 2.04. The molecule has 1 aromatic rings. The van der Waals surface area contributed by atoms with E-state index in [0.29, 0.717) is 6.04 Å². The summed E-state index contributed by atoms with van der Waals surface area (Å²) in [5, 5.41) is 6.30. The van der Waals surface area contributed by atoms with Gasteiger partial charge < -0.3 is 10.6 Å². The lowest BCUT2D eigenvalue weighted by molar-refractivity contribution is 0.668. The second-order valence-corrected chi connectivity index (χ2v) is 3.20. The molecular formula is C10H18N4. The fourth-order valence-electron chi connectivity index (χ4n) is 1.26. The van der Waals surface area contributed by atoms with E-state index in [1.165, 1.54) is 0 Å². The van der Waals surface area contributed by atoms with Gasteiger partial charge in [-0.1, -0.05) is 13.8 Å². The SMILES string of the molecule is CCC(CC)Nc1cncc(NC)n1. The van der Waals surface area contributed by atoms with Crippen molar-refractivity contribution in [2.75, 3.05) is 17.7 Å². The molecule has 0 aromatic carbocycles. The third-order valence-corrected chi connectivity index (χ3v) is 2.23. The number of rotatable bonds is 5. The first-order valence-corrected chi connectivity index (χ1v) is 5.06. The first-order valence-electron chi connectivity index (χ1n) is 5.06. The molecule has 0 unspecified atom stereocenters. The molecule has 4 heteroatoms. The molecule has 1 aromatic heterocycles. The average molecular weight is 194 g/mol. The highest BCUT2D eigenvalue weighted by atomic mass is 15.1. The lowest BCUT2D eigenvalue weighted by Gasteiger charge is -2.15. The van der Waals surface area contributed by atoms with Crippen molar-refractivity contribution in [2.24, 2.45) is 0 Å². The van der Waals surface area contributed by atoms with Crippen molar-refractivity contribution in [1.82, 2.24) is 9.97 Å². The van der Waals surface area contributed by atoms with E-state index in [1.807, 2.05) is 7.05 Å². The summed E-state index contributed by atoms with van der Waals surface area (Å²) in [5.41, 5.74) is 0. The summed E-state index contributed by atoms with van der Waals surface area (Å²) in [6.45, 7) is 4.33. The van der Waals surface area contributed by atoms with E-state index in [0.717, 1.165) is 24.5 Å². The largest absolute Gasteiger partial charge is 0.372 e. The molecular weight excluding hydrogens is 176 g/mol. The van der Waals surface area contributed by atoms with Crippen LogP contribution in [0.1, 0.15) is 26.7 Å². The van der Waals surface area contributed by atoms with Crippen LogP contribution in [0.25, 0.3) is 0 Å². The fourth-order valence-corrected chi connectivity index (χ4v) is 1.26. The topological polar surface area (TPSA) is 49.8 Å². The maximum Gasteiger partial charge on any atom is 0.147 e. The monoisotopic (exact) mass is 194 g/mol. The third-order valence-electron chi connectivity index (χ3n) is 2.23. The van der Waals surface area contributed by atoms with Crippen LogP contribution in [-0.4, -0.2) is 23.1 Å². The molecule has 0 fully saturated rings. The number of nitrogens with zero attached hydrogens (tertiary/aromatic N) is 2. The van der Waals surface area contributed by atoms with Gasteiger partial charge in [0.15, 0.2) is 0 Å². The zero-order valence-electron chi connectivity index (χ0n) is 9.04. The van der Waals surface area contributed by atoms with E-state index in [9.17, 15) is 0 Å². The maximum atomic E-state index is 4.34. The zero-order valence-corrected chi connectivity index (χ0v) is 9.04. The molecule has 4 nitrogen and oxygen atoms in total. The van der Waals surface area contributed by atoms with Gasteiger partial charge in [0.05, 0.1) is 12.4 Å². The molecule has 0 aliphatic carbocycles. The van der Waals surface area contributed by atoms with Gasteiger partial charge in [-0.25, -0.2) is 4.98 Å². The molecule has 1 rings (SSSR count). The van der Waals surface area contributed by atoms with Crippen LogP contribution in [0.3, 0.4) is 0 Å². The van der Waals surface area contributed by atoms with Crippen LogP contribution in [0.5, 0.6) is 0 Å². The highest BCUT2D eigenvalue weighted by molar-refractivity contribution is 5.41. The summed E-state index contributed by atoms with van der Waals surface area (Å²) in [7, 11) is 1.84. The molecule has 78 valence electrons. The van der Waals surface area contributed by atoms with Crippen molar-refractivity contribution in [1.29, 1.82) is 0 Å². The molecule has 0 spiro atoms. The van der Waals surface area contributed by atoms with Gasteiger partial charge in [0, 0.05) is 13.1 Å². The Morgan fingerprint density at radius 1 is 1.21 bits per heavy atom. The molecule has 0 atom stereocenters. The van der Waals surface area contributed by atoms with E-state index < -0.39 is 0 Å². The van der Waals surface area contributed by atoms with E-state index in [2.05, 4.69) is 34.4 Å². The van der Waals surface area contributed by atoms with Crippen LogP contribution in [0, 0.1) is 0 Å². The molecule has 14 heavy (non-hydrogen) atoms. The Morgan fingerprint density at radius 3 is 2.43 bits per heavy atom. The van der Waals surface area contributed by atoms with Crippen LogP contribution in [-0.2, 0) is 0 Å². The summed E-state index contributed by atoms with van der Waals surface area (Å²) in [5.74, 6) is 1.63. The fraction of sp³-hybridized carbons (Fsp3) is 0.600. The Morgan fingerprint density at radius 2 is 1.86 bits per heavy atom. The number of hydrogen-bond acceptors (Lipinski definition) is 4. The molecule has 1 heterocycles. The Hall–Kier alpha value is -1.32. The second-order valence-electron chi connectivity index (χ2n) is 3.20. The lowest BCUT2D eigenvalue weighted by Crippen LogP contribution is -2.18. The number of anilines is 2. The van der Waals surface area contributed by atoms with E-state index in [4.69, 9.17) is 0 Å². The van der Waals surface area contributed by atoms with Crippen molar-refractivity contribution in [3.05, 3.63) is 12.4 Å². The Labute approximate surface area is 85.2 Å². The van der Waals surface area contributed by atoms with Gasteiger partial charge in [-0.2, -0.15) is 0 Å². The molecule has 0 radical (unpaired) electrons. The predicted octanol–water partition coefficient (Wildman–Crippen LogP) is 2.12. The lowest BCUT2D eigenvalue weighted by atomic mass is 10.2.